The molecule has 1 unspecified atom stereocenters. The van der Waals surface area contributed by atoms with E-state index in [1.165, 1.54) is 37.2 Å². The minimum atomic E-state index is 0.412. The van der Waals surface area contributed by atoms with E-state index in [9.17, 15) is 4.79 Å². The number of thioether (sulfide) groups is 1. The van der Waals surface area contributed by atoms with Crippen LogP contribution in [0.2, 0.25) is 0 Å². The molecule has 0 spiro atoms. The molecule has 0 saturated carbocycles. The van der Waals surface area contributed by atoms with Crippen molar-refractivity contribution in [3.8, 4) is 0 Å². The van der Waals surface area contributed by atoms with Crippen molar-refractivity contribution in [2.24, 2.45) is 5.92 Å². The third-order valence-corrected chi connectivity index (χ3v) is 4.46. The first-order valence-corrected chi connectivity index (χ1v) is 6.87. The highest BCUT2D eigenvalue weighted by Crippen LogP contribution is 2.26. The highest BCUT2D eigenvalue weighted by atomic mass is 32.2. The van der Waals surface area contributed by atoms with Crippen LogP contribution in [0.4, 0.5) is 0 Å². The van der Waals surface area contributed by atoms with Crippen molar-refractivity contribution in [3.63, 3.8) is 0 Å². The van der Waals surface area contributed by atoms with Gasteiger partial charge in [0.25, 0.3) is 0 Å². The first kappa shape index (κ1) is 10.3. The number of amides is 1. The Kier molecular flexibility index (Phi) is 3.74. The van der Waals surface area contributed by atoms with Gasteiger partial charge in [-0.05, 0) is 43.1 Å². The summed E-state index contributed by atoms with van der Waals surface area (Å²) in [5.41, 5.74) is 0. The first-order valence-electron chi connectivity index (χ1n) is 5.72. The second-order valence-corrected chi connectivity index (χ2v) is 5.53. The standard InChI is InChI=1S/C11H19NOS/c13-11(12-5-1-2-6-12)8-10-4-3-7-14-9-10/h10H,1-9H2. The van der Waals surface area contributed by atoms with E-state index in [-0.39, 0.29) is 0 Å². The zero-order valence-electron chi connectivity index (χ0n) is 8.71. The lowest BCUT2D eigenvalue weighted by molar-refractivity contribution is -0.131. The first-order chi connectivity index (χ1) is 6.86. The molecule has 2 nitrogen and oxygen atoms in total. The molecule has 0 aromatic heterocycles. The lowest BCUT2D eigenvalue weighted by Crippen LogP contribution is -2.30. The minimum absolute atomic E-state index is 0.412. The molecule has 1 atom stereocenters. The molecule has 2 fully saturated rings. The molecule has 1 amide bonds. The zero-order valence-corrected chi connectivity index (χ0v) is 9.52. The fraction of sp³-hybridized carbons (Fsp3) is 0.909. The molecule has 0 radical (unpaired) electrons. The van der Waals surface area contributed by atoms with Crippen molar-refractivity contribution in [2.75, 3.05) is 24.6 Å². The molecule has 14 heavy (non-hydrogen) atoms. The Morgan fingerprint density at radius 2 is 2.07 bits per heavy atom. The van der Waals surface area contributed by atoms with Gasteiger partial charge >= 0.3 is 0 Å². The second kappa shape index (κ2) is 5.06. The highest BCUT2D eigenvalue weighted by Gasteiger charge is 2.22. The van der Waals surface area contributed by atoms with E-state index in [1.54, 1.807) is 0 Å². The molecule has 2 aliphatic rings. The SMILES string of the molecule is O=C(CC1CCCSC1)N1CCCC1. The third-order valence-electron chi connectivity index (χ3n) is 3.18. The number of likely N-dealkylation sites (tertiary alicyclic amines) is 1. The average Bonchev–Trinajstić information content (AvgIpc) is 2.72. The number of hydrogen-bond acceptors (Lipinski definition) is 2. The van der Waals surface area contributed by atoms with Gasteiger partial charge in [-0.1, -0.05) is 0 Å². The Labute approximate surface area is 90.4 Å². The zero-order chi connectivity index (χ0) is 9.80. The molecule has 0 aromatic carbocycles. The maximum Gasteiger partial charge on any atom is 0.222 e. The summed E-state index contributed by atoms with van der Waals surface area (Å²) in [6, 6.07) is 0. The van der Waals surface area contributed by atoms with E-state index in [0.29, 0.717) is 11.8 Å². The van der Waals surface area contributed by atoms with E-state index in [4.69, 9.17) is 0 Å². The van der Waals surface area contributed by atoms with E-state index in [2.05, 4.69) is 4.90 Å². The smallest absolute Gasteiger partial charge is 0.222 e. The number of carbonyl (C=O) groups excluding carboxylic acids is 1. The summed E-state index contributed by atoms with van der Waals surface area (Å²) in [6.07, 6.45) is 5.82. The van der Waals surface area contributed by atoms with Crippen LogP contribution in [-0.4, -0.2) is 35.4 Å². The largest absolute Gasteiger partial charge is 0.343 e. The Hall–Kier alpha value is -0.180. The van der Waals surface area contributed by atoms with Crippen molar-refractivity contribution in [1.29, 1.82) is 0 Å². The van der Waals surface area contributed by atoms with Gasteiger partial charge in [0.05, 0.1) is 0 Å². The summed E-state index contributed by atoms with van der Waals surface area (Å²) < 4.78 is 0. The van der Waals surface area contributed by atoms with Crippen LogP contribution in [0.3, 0.4) is 0 Å². The molecule has 0 bridgehead atoms. The summed E-state index contributed by atoms with van der Waals surface area (Å²) in [5, 5.41) is 0. The van der Waals surface area contributed by atoms with Gasteiger partial charge in [0.15, 0.2) is 0 Å². The van der Waals surface area contributed by atoms with Crippen molar-refractivity contribution < 1.29 is 4.79 Å². The van der Waals surface area contributed by atoms with Gasteiger partial charge < -0.3 is 4.90 Å². The fourth-order valence-corrected chi connectivity index (χ4v) is 3.47. The molecule has 2 saturated heterocycles. The molecular weight excluding hydrogens is 194 g/mol. The summed E-state index contributed by atoms with van der Waals surface area (Å²) in [4.78, 5) is 13.9. The van der Waals surface area contributed by atoms with E-state index < -0.39 is 0 Å². The van der Waals surface area contributed by atoms with Crippen LogP contribution in [-0.2, 0) is 4.79 Å². The van der Waals surface area contributed by atoms with Crippen molar-refractivity contribution in [2.45, 2.75) is 32.1 Å². The maximum atomic E-state index is 11.8. The van der Waals surface area contributed by atoms with Crippen LogP contribution >= 0.6 is 11.8 Å². The van der Waals surface area contributed by atoms with Crippen LogP contribution in [0.5, 0.6) is 0 Å². The van der Waals surface area contributed by atoms with Gasteiger partial charge in [-0.15, -0.1) is 0 Å². The monoisotopic (exact) mass is 213 g/mol. The molecule has 80 valence electrons. The van der Waals surface area contributed by atoms with Gasteiger partial charge in [-0.3, -0.25) is 4.79 Å². The molecule has 3 heteroatoms. The molecule has 0 aromatic rings. The van der Waals surface area contributed by atoms with Gasteiger partial charge in [-0.25, -0.2) is 0 Å². The summed E-state index contributed by atoms with van der Waals surface area (Å²) >= 11 is 2.02. The van der Waals surface area contributed by atoms with Gasteiger partial charge in [0.1, 0.15) is 0 Å². The Balaban J connectivity index is 1.75. The number of rotatable bonds is 2. The van der Waals surface area contributed by atoms with Gasteiger partial charge in [0, 0.05) is 19.5 Å². The van der Waals surface area contributed by atoms with E-state index >= 15 is 0 Å². The fourth-order valence-electron chi connectivity index (χ4n) is 2.31. The maximum absolute atomic E-state index is 11.8. The molecular formula is C11H19NOS. The highest BCUT2D eigenvalue weighted by molar-refractivity contribution is 7.99. The van der Waals surface area contributed by atoms with Crippen LogP contribution in [0.1, 0.15) is 32.1 Å². The minimum Gasteiger partial charge on any atom is -0.343 e. The Morgan fingerprint density at radius 1 is 1.29 bits per heavy atom. The average molecular weight is 213 g/mol. The van der Waals surface area contributed by atoms with Crippen LogP contribution in [0.25, 0.3) is 0 Å². The number of carbonyl (C=O) groups is 1. The quantitative estimate of drug-likeness (QED) is 0.700. The van der Waals surface area contributed by atoms with Crippen LogP contribution < -0.4 is 0 Å². The molecule has 0 N–H and O–H groups in total. The van der Waals surface area contributed by atoms with Crippen molar-refractivity contribution >= 4 is 17.7 Å². The normalized spacial score (nSPS) is 28.0. The predicted molar refractivity (Wildman–Crippen MR) is 60.5 cm³/mol. The molecule has 2 aliphatic heterocycles. The molecule has 2 rings (SSSR count). The lowest BCUT2D eigenvalue weighted by atomic mass is 10.0. The van der Waals surface area contributed by atoms with E-state index in [1.807, 2.05) is 11.8 Å². The Bertz CT molecular complexity index is 195. The lowest BCUT2D eigenvalue weighted by Gasteiger charge is -2.23. The second-order valence-electron chi connectivity index (χ2n) is 4.38. The van der Waals surface area contributed by atoms with Crippen LogP contribution in [0.15, 0.2) is 0 Å². The molecule has 0 aliphatic carbocycles. The summed E-state index contributed by atoms with van der Waals surface area (Å²) in [7, 11) is 0. The number of hydrogen-bond donors (Lipinski definition) is 0. The molecule has 2 heterocycles. The van der Waals surface area contributed by atoms with Gasteiger partial charge in [-0.2, -0.15) is 11.8 Å². The van der Waals surface area contributed by atoms with Gasteiger partial charge in [0.2, 0.25) is 5.91 Å². The van der Waals surface area contributed by atoms with Crippen molar-refractivity contribution in [3.05, 3.63) is 0 Å². The predicted octanol–water partition coefficient (Wildman–Crippen LogP) is 2.14. The van der Waals surface area contributed by atoms with Crippen molar-refractivity contribution in [1.82, 2.24) is 4.90 Å². The number of nitrogens with zero attached hydrogens (tertiary/aromatic N) is 1. The van der Waals surface area contributed by atoms with Crippen LogP contribution in [0, 0.1) is 5.92 Å². The third kappa shape index (κ3) is 2.66. The van der Waals surface area contributed by atoms with E-state index in [0.717, 1.165) is 19.5 Å². The summed E-state index contributed by atoms with van der Waals surface area (Å²) in [5.74, 6) is 3.59. The Morgan fingerprint density at radius 3 is 2.71 bits per heavy atom. The summed E-state index contributed by atoms with van der Waals surface area (Å²) in [6.45, 7) is 2.03. The topological polar surface area (TPSA) is 20.3 Å².